The lowest BCUT2D eigenvalue weighted by molar-refractivity contribution is 0.856. The van der Waals surface area contributed by atoms with E-state index < -0.39 is 0 Å². The number of nitrogens with zero attached hydrogens (tertiary/aromatic N) is 2. The smallest absolute Gasteiger partial charge is 0.244 e. The highest BCUT2D eigenvalue weighted by Crippen LogP contribution is 2.13. The molecule has 0 radical (unpaired) electrons. The van der Waals surface area contributed by atoms with Gasteiger partial charge in [-0.1, -0.05) is 12.1 Å². The summed E-state index contributed by atoms with van der Waals surface area (Å²) in [7, 11) is 0. The predicted molar refractivity (Wildman–Crippen MR) is 53.7 cm³/mol. The molecule has 0 bridgehead atoms. The maximum atomic E-state index is 10.9. The zero-order valence-corrected chi connectivity index (χ0v) is 8.11. The van der Waals surface area contributed by atoms with Crippen LogP contribution in [0.25, 0.3) is 5.69 Å². The molecule has 14 heavy (non-hydrogen) atoms. The van der Waals surface area contributed by atoms with Crippen LogP contribution < -0.4 is 5.69 Å². The Morgan fingerprint density at radius 1 is 1.36 bits per heavy atom. The van der Waals surface area contributed by atoms with E-state index in [4.69, 9.17) is 0 Å². The van der Waals surface area contributed by atoms with E-state index in [2.05, 4.69) is 10.1 Å². The molecule has 0 fully saturated rings. The Balaban J connectivity index is 2.61. The van der Waals surface area contributed by atoms with Crippen molar-refractivity contribution in [1.29, 1.82) is 0 Å². The lowest BCUT2D eigenvalue weighted by Gasteiger charge is -2.06. The number of aromatic nitrogens is 3. The Hall–Kier alpha value is -1.84. The monoisotopic (exact) mass is 189 g/mol. The molecule has 0 unspecified atom stereocenters. The number of benzene rings is 1. The minimum absolute atomic E-state index is 0.328. The van der Waals surface area contributed by atoms with Gasteiger partial charge >= 0.3 is 5.69 Å². The van der Waals surface area contributed by atoms with Gasteiger partial charge in [0.05, 0.1) is 5.69 Å². The van der Waals surface area contributed by atoms with Crippen LogP contribution in [0.2, 0.25) is 0 Å². The second-order valence-corrected chi connectivity index (χ2v) is 3.32. The zero-order valence-electron chi connectivity index (χ0n) is 8.11. The molecule has 0 saturated heterocycles. The topological polar surface area (TPSA) is 50.7 Å². The van der Waals surface area contributed by atoms with Crippen LogP contribution in [0.3, 0.4) is 0 Å². The fraction of sp³-hybridized carbons (Fsp3) is 0.200. The van der Waals surface area contributed by atoms with Crippen molar-refractivity contribution >= 4 is 0 Å². The summed E-state index contributed by atoms with van der Waals surface area (Å²) in [5.41, 5.74) is 2.88. The summed E-state index contributed by atoms with van der Waals surface area (Å²) in [6.45, 7) is 4.01. The SMILES string of the molecule is Cc1ccc(C)c(-n2cnc(=O)[nH]2)c1. The molecule has 0 spiro atoms. The number of hydrogen-bond donors (Lipinski definition) is 1. The second-order valence-electron chi connectivity index (χ2n) is 3.32. The molecule has 2 aromatic rings. The minimum Gasteiger partial charge on any atom is -0.244 e. The fourth-order valence-electron chi connectivity index (χ4n) is 1.37. The molecule has 0 amide bonds. The molecule has 4 heteroatoms. The van der Waals surface area contributed by atoms with Crippen LogP contribution >= 0.6 is 0 Å². The number of aryl methyl sites for hydroxylation is 2. The van der Waals surface area contributed by atoms with E-state index in [1.807, 2.05) is 32.0 Å². The van der Waals surface area contributed by atoms with E-state index in [1.54, 1.807) is 4.68 Å². The maximum Gasteiger partial charge on any atom is 0.361 e. The van der Waals surface area contributed by atoms with Gasteiger partial charge in [-0.3, -0.25) is 0 Å². The summed E-state index contributed by atoms with van der Waals surface area (Å²) in [5, 5.41) is 2.61. The van der Waals surface area contributed by atoms with Gasteiger partial charge in [0.15, 0.2) is 0 Å². The van der Waals surface area contributed by atoms with Crippen LogP contribution in [0.4, 0.5) is 0 Å². The highest BCUT2D eigenvalue weighted by atomic mass is 16.1. The summed E-state index contributed by atoms with van der Waals surface area (Å²) >= 11 is 0. The van der Waals surface area contributed by atoms with Crippen molar-refractivity contribution in [2.75, 3.05) is 0 Å². The molecular weight excluding hydrogens is 178 g/mol. The summed E-state index contributed by atoms with van der Waals surface area (Å²) in [6, 6.07) is 6.06. The van der Waals surface area contributed by atoms with Crippen molar-refractivity contribution in [1.82, 2.24) is 14.8 Å². The van der Waals surface area contributed by atoms with Crippen molar-refractivity contribution in [3.63, 3.8) is 0 Å². The Labute approximate surface area is 81.2 Å². The summed E-state index contributed by atoms with van der Waals surface area (Å²) in [6.07, 6.45) is 1.49. The molecule has 1 N–H and O–H groups in total. The zero-order chi connectivity index (χ0) is 10.1. The first-order valence-electron chi connectivity index (χ1n) is 4.38. The third-order valence-electron chi connectivity index (χ3n) is 2.13. The number of rotatable bonds is 1. The Kier molecular flexibility index (Phi) is 1.96. The molecule has 1 heterocycles. The highest BCUT2D eigenvalue weighted by Gasteiger charge is 2.01. The third kappa shape index (κ3) is 1.46. The third-order valence-corrected chi connectivity index (χ3v) is 2.13. The van der Waals surface area contributed by atoms with Gasteiger partial charge in [0, 0.05) is 0 Å². The maximum absolute atomic E-state index is 10.9. The molecule has 72 valence electrons. The van der Waals surface area contributed by atoms with Crippen LogP contribution in [-0.2, 0) is 0 Å². The fourth-order valence-corrected chi connectivity index (χ4v) is 1.37. The first-order valence-corrected chi connectivity index (χ1v) is 4.38. The van der Waals surface area contributed by atoms with Crippen molar-refractivity contribution in [3.8, 4) is 5.69 Å². The second kappa shape index (κ2) is 3.14. The first-order chi connectivity index (χ1) is 6.66. The van der Waals surface area contributed by atoms with Crippen LogP contribution in [0.5, 0.6) is 0 Å². The molecule has 0 aliphatic heterocycles. The van der Waals surface area contributed by atoms with Gasteiger partial charge in [-0.05, 0) is 31.0 Å². The molecule has 4 nitrogen and oxygen atoms in total. The quantitative estimate of drug-likeness (QED) is 0.732. The van der Waals surface area contributed by atoms with E-state index in [0.717, 1.165) is 16.8 Å². The molecule has 0 atom stereocenters. The van der Waals surface area contributed by atoms with E-state index in [-0.39, 0.29) is 5.69 Å². The van der Waals surface area contributed by atoms with Gasteiger partial charge in [-0.25, -0.2) is 14.6 Å². The minimum atomic E-state index is -0.328. The summed E-state index contributed by atoms with van der Waals surface area (Å²) < 4.78 is 1.63. The standard InChI is InChI=1S/C10H11N3O/c1-7-3-4-8(2)9(5-7)13-6-11-10(14)12-13/h3-6H,1-2H3,(H,12,14). The largest absolute Gasteiger partial charge is 0.361 e. The van der Waals surface area contributed by atoms with Gasteiger partial charge in [0.2, 0.25) is 0 Å². The van der Waals surface area contributed by atoms with Gasteiger partial charge in [0.25, 0.3) is 0 Å². The summed E-state index contributed by atoms with van der Waals surface area (Å²) in [4.78, 5) is 14.5. The van der Waals surface area contributed by atoms with Crippen LogP contribution in [-0.4, -0.2) is 14.8 Å². The molecular formula is C10H11N3O. The van der Waals surface area contributed by atoms with E-state index in [0.29, 0.717) is 0 Å². The van der Waals surface area contributed by atoms with Gasteiger partial charge in [0.1, 0.15) is 6.33 Å². The van der Waals surface area contributed by atoms with E-state index >= 15 is 0 Å². The van der Waals surface area contributed by atoms with Crippen molar-refractivity contribution in [3.05, 3.63) is 46.1 Å². The lowest BCUT2D eigenvalue weighted by Crippen LogP contribution is -2.06. The molecule has 0 aliphatic carbocycles. The van der Waals surface area contributed by atoms with Crippen molar-refractivity contribution in [2.45, 2.75) is 13.8 Å². The van der Waals surface area contributed by atoms with Gasteiger partial charge in [-0.15, -0.1) is 0 Å². The van der Waals surface area contributed by atoms with E-state index in [1.165, 1.54) is 6.33 Å². The lowest BCUT2D eigenvalue weighted by atomic mass is 10.1. The number of H-pyrrole nitrogens is 1. The molecule has 0 saturated carbocycles. The van der Waals surface area contributed by atoms with Crippen molar-refractivity contribution < 1.29 is 0 Å². The highest BCUT2D eigenvalue weighted by molar-refractivity contribution is 5.41. The number of nitrogens with one attached hydrogen (secondary N) is 1. The normalized spacial score (nSPS) is 10.4. The number of hydrogen-bond acceptors (Lipinski definition) is 2. The van der Waals surface area contributed by atoms with E-state index in [9.17, 15) is 4.79 Å². The molecule has 1 aromatic carbocycles. The molecule has 2 rings (SSSR count). The van der Waals surface area contributed by atoms with Crippen LogP contribution in [0.1, 0.15) is 11.1 Å². The van der Waals surface area contributed by atoms with Gasteiger partial charge in [-0.2, -0.15) is 4.98 Å². The average molecular weight is 189 g/mol. The average Bonchev–Trinajstić information content (AvgIpc) is 2.56. The Morgan fingerprint density at radius 2 is 2.14 bits per heavy atom. The van der Waals surface area contributed by atoms with Crippen LogP contribution in [0, 0.1) is 13.8 Å². The van der Waals surface area contributed by atoms with Crippen molar-refractivity contribution in [2.24, 2.45) is 0 Å². The number of aromatic amines is 1. The van der Waals surface area contributed by atoms with Gasteiger partial charge < -0.3 is 0 Å². The first kappa shape index (κ1) is 8.74. The van der Waals surface area contributed by atoms with Crippen LogP contribution in [0.15, 0.2) is 29.3 Å². The summed E-state index contributed by atoms with van der Waals surface area (Å²) in [5.74, 6) is 0. The molecule has 0 aliphatic rings. The predicted octanol–water partition coefficient (Wildman–Crippen LogP) is 1.18. The molecule has 1 aromatic heterocycles. The Bertz CT molecular complexity index is 510. The Morgan fingerprint density at radius 3 is 2.79 bits per heavy atom.